The fourth-order valence-electron chi connectivity index (χ4n) is 3.41. The van der Waals surface area contributed by atoms with E-state index >= 15 is 0 Å². The zero-order valence-corrected chi connectivity index (χ0v) is 13.6. The van der Waals surface area contributed by atoms with Crippen molar-refractivity contribution in [3.05, 3.63) is 29.8 Å². The lowest BCUT2D eigenvalue weighted by atomic mass is 9.88. The summed E-state index contributed by atoms with van der Waals surface area (Å²) in [5, 5.41) is 2.85. The molecule has 1 N–H and O–H groups in total. The van der Waals surface area contributed by atoms with Gasteiger partial charge in [-0.15, -0.1) is 0 Å². The third kappa shape index (κ3) is 3.55. The number of para-hydroxylation sites is 1. The average Bonchev–Trinajstić information content (AvgIpc) is 2.58. The van der Waals surface area contributed by atoms with E-state index in [-0.39, 0.29) is 30.3 Å². The lowest BCUT2D eigenvalue weighted by Crippen LogP contribution is -2.46. The molecule has 0 saturated carbocycles. The van der Waals surface area contributed by atoms with Crippen LogP contribution >= 0.6 is 0 Å². The van der Waals surface area contributed by atoms with E-state index in [2.05, 4.69) is 12.2 Å². The molecular weight excluding hydrogens is 292 g/mol. The molecular formula is C18H24N2O3. The van der Waals surface area contributed by atoms with Gasteiger partial charge in [-0.05, 0) is 30.9 Å². The van der Waals surface area contributed by atoms with Crippen molar-refractivity contribution in [1.29, 1.82) is 0 Å². The molecule has 1 aromatic carbocycles. The van der Waals surface area contributed by atoms with Crippen LogP contribution in [-0.4, -0.2) is 42.5 Å². The summed E-state index contributed by atoms with van der Waals surface area (Å²) < 4.78 is 5.82. The van der Waals surface area contributed by atoms with Crippen molar-refractivity contribution in [3.8, 4) is 0 Å². The maximum absolute atomic E-state index is 13.0. The molecule has 0 bridgehead atoms. The van der Waals surface area contributed by atoms with E-state index in [1.165, 1.54) is 0 Å². The van der Waals surface area contributed by atoms with Gasteiger partial charge >= 0.3 is 0 Å². The molecule has 1 aromatic rings. The Balaban J connectivity index is 1.74. The number of ether oxygens (including phenoxy) is 1. The van der Waals surface area contributed by atoms with Gasteiger partial charge in [-0.25, -0.2) is 0 Å². The molecule has 23 heavy (non-hydrogen) atoms. The number of amides is 2. The van der Waals surface area contributed by atoms with Crippen molar-refractivity contribution in [2.24, 2.45) is 0 Å². The summed E-state index contributed by atoms with van der Waals surface area (Å²) in [5.74, 6) is -0.403. The Labute approximate surface area is 137 Å². The molecule has 2 aliphatic heterocycles. The summed E-state index contributed by atoms with van der Waals surface area (Å²) in [4.78, 5) is 26.8. The Kier molecular flexibility index (Phi) is 4.96. The van der Waals surface area contributed by atoms with Crippen molar-refractivity contribution in [2.75, 3.05) is 25.0 Å². The second-order valence-electron chi connectivity index (χ2n) is 6.31. The first-order valence-electron chi connectivity index (χ1n) is 8.48. The van der Waals surface area contributed by atoms with Gasteiger partial charge in [-0.1, -0.05) is 25.1 Å². The van der Waals surface area contributed by atoms with Crippen molar-refractivity contribution >= 4 is 17.5 Å². The second kappa shape index (κ2) is 7.13. The first-order chi connectivity index (χ1) is 11.2. The Morgan fingerprint density at radius 3 is 3.04 bits per heavy atom. The molecule has 0 radical (unpaired) electrons. The zero-order chi connectivity index (χ0) is 16.2. The highest BCUT2D eigenvalue weighted by Crippen LogP contribution is 2.34. The van der Waals surface area contributed by atoms with Gasteiger partial charge in [0.25, 0.3) is 0 Å². The van der Waals surface area contributed by atoms with Crippen LogP contribution in [0.3, 0.4) is 0 Å². The molecule has 0 aromatic heterocycles. The average molecular weight is 316 g/mol. The van der Waals surface area contributed by atoms with Gasteiger partial charge in [0.05, 0.1) is 12.0 Å². The Morgan fingerprint density at radius 2 is 2.22 bits per heavy atom. The summed E-state index contributed by atoms with van der Waals surface area (Å²) in [7, 11) is 0. The van der Waals surface area contributed by atoms with Crippen molar-refractivity contribution in [3.63, 3.8) is 0 Å². The molecule has 2 heterocycles. The number of hydrogen-bond donors (Lipinski definition) is 1. The number of benzene rings is 1. The standard InChI is InChI=1S/C18H24N2O3/c1-2-10-23-13-6-5-9-20(12-13)18(22)15-11-17(21)19-16-8-4-3-7-14(15)16/h3-4,7-8,13,15H,2,5-6,9-12H2,1H3,(H,19,21)/t13-,15-/m0/s1. The highest BCUT2D eigenvalue weighted by atomic mass is 16.5. The van der Waals surface area contributed by atoms with Crippen LogP contribution in [0.25, 0.3) is 0 Å². The quantitative estimate of drug-likeness (QED) is 0.928. The molecule has 2 amide bonds. The third-order valence-electron chi connectivity index (χ3n) is 4.55. The lowest BCUT2D eigenvalue weighted by Gasteiger charge is -2.36. The Bertz CT molecular complexity index is 587. The summed E-state index contributed by atoms with van der Waals surface area (Å²) in [6.07, 6.45) is 3.31. The molecule has 2 aliphatic rings. The van der Waals surface area contributed by atoms with Crippen LogP contribution in [0.15, 0.2) is 24.3 Å². The predicted molar refractivity (Wildman–Crippen MR) is 88.3 cm³/mol. The van der Waals surface area contributed by atoms with Crippen molar-refractivity contribution in [1.82, 2.24) is 4.90 Å². The Morgan fingerprint density at radius 1 is 1.39 bits per heavy atom. The zero-order valence-electron chi connectivity index (χ0n) is 13.6. The van der Waals surface area contributed by atoms with Crippen molar-refractivity contribution in [2.45, 2.75) is 44.6 Å². The predicted octanol–water partition coefficient (Wildman–Crippen LogP) is 2.53. The summed E-state index contributed by atoms with van der Waals surface area (Å²) in [5.41, 5.74) is 1.69. The molecule has 0 aliphatic carbocycles. The third-order valence-corrected chi connectivity index (χ3v) is 4.55. The first kappa shape index (κ1) is 16.0. The van der Waals surface area contributed by atoms with E-state index in [4.69, 9.17) is 4.74 Å². The highest BCUT2D eigenvalue weighted by Gasteiger charge is 2.35. The van der Waals surface area contributed by atoms with Crippen LogP contribution in [0.5, 0.6) is 0 Å². The highest BCUT2D eigenvalue weighted by molar-refractivity contribution is 6.01. The fraction of sp³-hybridized carbons (Fsp3) is 0.556. The maximum Gasteiger partial charge on any atom is 0.230 e. The van der Waals surface area contributed by atoms with Gasteiger partial charge in [0, 0.05) is 31.8 Å². The number of nitrogens with zero attached hydrogens (tertiary/aromatic N) is 1. The molecule has 1 fully saturated rings. The Hall–Kier alpha value is -1.88. The summed E-state index contributed by atoms with van der Waals surface area (Å²) >= 11 is 0. The van der Waals surface area contributed by atoms with Crippen LogP contribution in [-0.2, 0) is 14.3 Å². The SMILES string of the molecule is CCCO[C@H]1CCCN(C(=O)[C@H]2CC(=O)Nc3ccccc32)C1. The molecule has 3 rings (SSSR count). The van der Waals surface area contributed by atoms with E-state index in [0.717, 1.165) is 43.7 Å². The minimum atomic E-state index is -0.370. The van der Waals surface area contributed by atoms with E-state index in [0.29, 0.717) is 6.54 Å². The van der Waals surface area contributed by atoms with Crippen LogP contribution in [0.4, 0.5) is 5.69 Å². The van der Waals surface area contributed by atoms with Crippen LogP contribution < -0.4 is 5.32 Å². The number of anilines is 1. The number of nitrogens with one attached hydrogen (secondary N) is 1. The minimum Gasteiger partial charge on any atom is -0.376 e. The second-order valence-corrected chi connectivity index (χ2v) is 6.31. The summed E-state index contributed by atoms with van der Waals surface area (Å²) in [6.45, 7) is 4.22. The molecule has 0 unspecified atom stereocenters. The lowest BCUT2D eigenvalue weighted by molar-refractivity contribution is -0.138. The largest absolute Gasteiger partial charge is 0.376 e. The normalized spacial score (nSPS) is 24.0. The smallest absolute Gasteiger partial charge is 0.230 e. The maximum atomic E-state index is 13.0. The molecule has 2 atom stereocenters. The first-order valence-corrected chi connectivity index (χ1v) is 8.48. The molecule has 5 heteroatoms. The monoisotopic (exact) mass is 316 g/mol. The van der Waals surface area contributed by atoms with Crippen LogP contribution in [0.1, 0.15) is 44.1 Å². The van der Waals surface area contributed by atoms with E-state index < -0.39 is 0 Å². The van der Waals surface area contributed by atoms with Crippen LogP contribution in [0.2, 0.25) is 0 Å². The van der Waals surface area contributed by atoms with Gasteiger partial charge in [0.15, 0.2) is 0 Å². The van der Waals surface area contributed by atoms with Gasteiger partial charge < -0.3 is 15.0 Å². The molecule has 5 nitrogen and oxygen atoms in total. The topological polar surface area (TPSA) is 58.6 Å². The number of carbonyl (C=O) groups is 2. The van der Waals surface area contributed by atoms with Gasteiger partial charge in [-0.2, -0.15) is 0 Å². The van der Waals surface area contributed by atoms with Gasteiger partial charge in [0.2, 0.25) is 11.8 Å². The molecule has 124 valence electrons. The van der Waals surface area contributed by atoms with E-state index in [9.17, 15) is 9.59 Å². The number of hydrogen-bond acceptors (Lipinski definition) is 3. The van der Waals surface area contributed by atoms with Gasteiger partial charge in [-0.3, -0.25) is 9.59 Å². The number of likely N-dealkylation sites (tertiary alicyclic amines) is 1. The number of rotatable bonds is 4. The number of piperidine rings is 1. The van der Waals surface area contributed by atoms with Gasteiger partial charge in [0.1, 0.15) is 0 Å². The fourth-order valence-corrected chi connectivity index (χ4v) is 3.41. The minimum absolute atomic E-state index is 0.0529. The molecule has 0 spiro atoms. The molecule has 1 saturated heterocycles. The van der Waals surface area contributed by atoms with E-state index in [1.54, 1.807) is 0 Å². The number of carbonyl (C=O) groups excluding carboxylic acids is 2. The van der Waals surface area contributed by atoms with Crippen molar-refractivity contribution < 1.29 is 14.3 Å². The van der Waals surface area contributed by atoms with Crippen LogP contribution in [0, 0.1) is 0 Å². The van der Waals surface area contributed by atoms with E-state index in [1.807, 2.05) is 29.2 Å². The number of fused-ring (bicyclic) bond motifs is 1. The summed E-state index contributed by atoms with van der Waals surface area (Å²) in [6, 6.07) is 7.59.